The van der Waals surface area contributed by atoms with Gasteiger partial charge < -0.3 is 14.7 Å². The third-order valence-corrected chi connectivity index (χ3v) is 6.14. The zero-order valence-corrected chi connectivity index (χ0v) is 17.6. The fourth-order valence-electron chi connectivity index (χ4n) is 3.59. The first-order chi connectivity index (χ1) is 14.5. The van der Waals surface area contributed by atoms with E-state index in [1.165, 1.54) is 16.2 Å². The number of para-hydroxylation sites is 1. The highest BCUT2D eigenvalue weighted by Gasteiger charge is 2.46. The van der Waals surface area contributed by atoms with Crippen molar-refractivity contribution in [2.24, 2.45) is 0 Å². The topological polar surface area (TPSA) is 66.8 Å². The lowest BCUT2D eigenvalue weighted by molar-refractivity contribution is -0.140. The lowest BCUT2D eigenvalue weighted by Gasteiger charge is -2.25. The molecular weight excluding hydrogens is 422 g/mol. The first-order valence-electron chi connectivity index (χ1n) is 9.21. The molecule has 1 atom stereocenters. The van der Waals surface area contributed by atoms with E-state index in [9.17, 15) is 14.7 Å². The Morgan fingerprint density at radius 3 is 2.63 bits per heavy atom. The molecule has 4 rings (SSSR count). The first-order valence-corrected chi connectivity index (χ1v) is 10.5. The van der Waals surface area contributed by atoms with Gasteiger partial charge in [-0.25, -0.2) is 0 Å². The fourth-order valence-corrected chi connectivity index (χ4v) is 4.63. The third-order valence-electron chi connectivity index (χ3n) is 4.98. The summed E-state index contributed by atoms with van der Waals surface area (Å²) in [6.45, 7) is 0.170. The van der Waals surface area contributed by atoms with Crippen LogP contribution in [0.3, 0.4) is 0 Å². The lowest BCUT2D eigenvalue weighted by Crippen LogP contribution is -2.29. The van der Waals surface area contributed by atoms with Crippen molar-refractivity contribution < 1.29 is 19.4 Å². The maximum absolute atomic E-state index is 13.0. The molecule has 5 nitrogen and oxygen atoms in total. The smallest absolute Gasteiger partial charge is 0.295 e. The zero-order chi connectivity index (χ0) is 21.3. The van der Waals surface area contributed by atoms with E-state index in [0.717, 1.165) is 10.4 Å². The van der Waals surface area contributed by atoms with E-state index < -0.39 is 17.7 Å². The molecule has 1 aliphatic rings. The molecule has 7 heteroatoms. The second kappa shape index (κ2) is 8.34. The van der Waals surface area contributed by atoms with Crippen LogP contribution in [0, 0.1) is 0 Å². The normalized spacial score (nSPS) is 18.1. The summed E-state index contributed by atoms with van der Waals surface area (Å²) in [6.07, 6.45) is 0. The van der Waals surface area contributed by atoms with E-state index >= 15 is 0 Å². The Bertz CT molecular complexity index is 1140. The molecule has 0 spiro atoms. The molecule has 3 aromatic rings. The number of thiophene rings is 1. The minimum Gasteiger partial charge on any atom is -0.507 e. The number of carbonyl (C=O) groups is 2. The van der Waals surface area contributed by atoms with Gasteiger partial charge >= 0.3 is 0 Å². The molecular formula is C23H18ClNO4S. The van der Waals surface area contributed by atoms with Gasteiger partial charge in [0.2, 0.25) is 0 Å². The number of Topliss-reactive ketones (excluding diaryl/α,β-unsaturated/α-hetero) is 1. The number of hydrogen-bond acceptors (Lipinski definition) is 5. The Morgan fingerprint density at radius 1 is 1.13 bits per heavy atom. The van der Waals surface area contributed by atoms with E-state index in [1.807, 2.05) is 35.7 Å². The quantitative estimate of drug-likeness (QED) is 0.344. The van der Waals surface area contributed by atoms with Crippen molar-refractivity contribution in [3.63, 3.8) is 0 Å². The van der Waals surface area contributed by atoms with Crippen molar-refractivity contribution in [1.29, 1.82) is 0 Å². The van der Waals surface area contributed by atoms with Gasteiger partial charge in [0.05, 0.1) is 25.3 Å². The maximum Gasteiger partial charge on any atom is 0.295 e. The molecule has 0 aliphatic carbocycles. The molecule has 30 heavy (non-hydrogen) atoms. The predicted octanol–water partition coefficient (Wildman–Crippen LogP) is 5.03. The second-order valence-electron chi connectivity index (χ2n) is 6.76. The van der Waals surface area contributed by atoms with Gasteiger partial charge in [-0.15, -0.1) is 11.3 Å². The maximum atomic E-state index is 13.0. The standard InChI is InChI=1S/C23H18ClNO4S/c1-29-17-9-3-2-6-15(17)13-25-20(18-10-5-11-30-18)19(22(27)23(25)28)21(26)14-7-4-8-16(24)12-14/h2-12,20,26H,13H2,1H3/b21-19-. The van der Waals surface area contributed by atoms with Crippen LogP contribution in [-0.4, -0.2) is 28.8 Å². The van der Waals surface area contributed by atoms with Crippen LogP contribution >= 0.6 is 22.9 Å². The van der Waals surface area contributed by atoms with Crippen LogP contribution in [0.1, 0.15) is 22.0 Å². The Morgan fingerprint density at radius 2 is 1.93 bits per heavy atom. The molecule has 1 unspecified atom stereocenters. The molecule has 2 heterocycles. The number of aliphatic hydroxyl groups excluding tert-OH is 1. The van der Waals surface area contributed by atoms with Crippen molar-refractivity contribution in [1.82, 2.24) is 4.90 Å². The minimum absolute atomic E-state index is 0.0552. The van der Waals surface area contributed by atoms with Crippen molar-refractivity contribution in [3.8, 4) is 5.75 Å². The summed E-state index contributed by atoms with van der Waals surface area (Å²) < 4.78 is 5.40. The van der Waals surface area contributed by atoms with Crippen LogP contribution < -0.4 is 4.74 Å². The van der Waals surface area contributed by atoms with Gasteiger partial charge in [-0.1, -0.05) is 48.0 Å². The number of rotatable bonds is 5. The van der Waals surface area contributed by atoms with Gasteiger partial charge in [-0.3, -0.25) is 9.59 Å². The predicted molar refractivity (Wildman–Crippen MR) is 117 cm³/mol. The van der Waals surface area contributed by atoms with Gasteiger partial charge in [-0.2, -0.15) is 0 Å². The van der Waals surface area contributed by atoms with Gasteiger partial charge in [0.1, 0.15) is 11.5 Å². The summed E-state index contributed by atoms with van der Waals surface area (Å²) in [5.74, 6) is -1.00. The number of aliphatic hydroxyl groups is 1. The third kappa shape index (κ3) is 3.60. The number of amides is 1. The van der Waals surface area contributed by atoms with E-state index in [-0.39, 0.29) is 17.9 Å². The van der Waals surface area contributed by atoms with E-state index in [2.05, 4.69) is 0 Å². The van der Waals surface area contributed by atoms with Crippen molar-refractivity contribution in [3.05, 3.63) is 92.6 Å². The van der Waals surface area contributed by atoms with E-state index in [0.29, 0.717) is 16.3 Å². The Balaban J connectivity index is 1.84. The highest BCUT2D eigenvalue weighted by molar-refractivity contribution is 7.10. The first kappa shape index (κ1) is 20.2. The van der Waals surface area contributed by atoms with Crippen molar-refractivity contribution >= 4 is 40.4 Å². The number of likely N-dealkylation sites (tertiary alicyclic amines) is 1. The summed E-state index contributed by atoms with van der Waals surface area (Å²) in [4.78, 5) is 28.3. The van der Waals surface area contributed by atoms with Crippen LogP contribution in [0.2, 0.25) is 5.02 Å². The average Bonchev–Trinajstić information content (AvgIpc) is 3.36. The van der Waals surface area contributed by atoms with Gasteiger partial charge in [0.15, 0.2) is 0 Å². The highest BCUT2D eigenvalue weighted by Crippen LogP contribution is 2.42. The van der Waals surface area contributed by atoms with Crippen LogP contribution in [0.15, 0.2) is 71.6 Å². The van der Waals surface area contributed by atoms with Gasteiger partial charge in [-0.05, 0) is 29.6 Å². The summed E-state index contributed by atoms with van der Waals surface area (Å²) in [6, 6.07) is 16.9. The number of methoxy groups -OCH3 is 1. The monoisotopic (exact) mass is 439 g/mol. The largest absolute Gasteiger partial charge is 0.507 e. The summed E-state index contributed by atoms with van der Waals surface area (Å²) in [5, 5.41) is 13.3. The summed E-state index contributed by atoms with van der Waals surface area (Å²) in [7, 11) is 1.56. The number of hydrogen-bond donors (Lipinski definition) is 1. The fraction of sp³-hybridized carbons (Fsp3) is 0.130. The molecule has 1 fully saturated rings. The summed E-state index contributed by atoms with van der Waals surface area (Å²) >= 11 is 7.48. The van der Waals surface area contributed by atoms with Crippen molar-refractivity contribution in [2.45, 2.75) is 12.6 Å². The van der Waals surface area contributed by atoms with Gasteiger partial charge in [0.25, 0.3) is 11.7 Å². The van der Waals surface area contributed by atoms with Crippen LogP contribution in [0.5, 0.6) is 5.75 Å². The highest BCUT2D eigenvalue weighted by atomic mass is 35.5. The molecule has 1 amide bonds. The average molecular weight is 440 g/mol. The number of nitrogens with zero attached hydrogens (tertiary/aromatic N) is 1. The van der Waals surface area contributed by atoms with Gasteiger partial charge in [0, 0.05) is 21.0 Å². The number of halogens is 1. The minimum atomic E-state index is -0.722. The molecule has 152 valence electrons. The molecule has 0 bridgehead atoms. The van der Waals surface area contributed by atoms with E-state index in [1.54, 1.807) is 37.4 Å². The van der Waals surface area contributed by atoms with Crippen molar-refractivity contribution in [2.75, 3.05) is 7.11 Å². The molecule has 1 aromatic heterocycles. The molecule has 1 N–H and O–H groups in total. The Kier molecular flexibility index (Phi) is 5.61. The molecule has 0 saturated carbocycles. The number of benzene rings is 2. The number of carbonyl (C=O) groups excluding carboxylic acids is 2. The number of ketones is 1. The molecule has 1 saturated heterocycles. The van der Waals surface area contributed by atoms with Crippen LogP contribution in [0.25, 0.3) is 5.76 Å². The molecule has 2 aromatic carbocycles. The Labute approximate surface area is 182 Å². The zero-order valence-electron chi connectivity index (χ0n) is 16.0. The van der Waals surface area contributed by atoms with E-state index in [4.69, 9.17) is 16.3 Å². The van der Waals surface area contributed by atoms with Crippen LogP contribution in [0.4, 0.5) is 0 Å². The van der Waals surface area contributed by atoms with Crippen LogP contribution in [-0.2, 0) is 16.1 Å². The number of ether oxygens (including phenoxy) is 1. The second-order valence-corrected chi connectivity index (χ2v) is 8.18. The molecule has 1 aliphatic heterocycles. The SMILES string of the molecule is COc1ccccc1CN1C(=O)C(=O)/C(=C(\O)c2cccc(Cl)c2)C1c1cccs1. The Hall–Kier alpha value is -3.09. The summed E-state index contributed by atoms with van der Waals surface area (Å²) in [5.41, 5.74) is 1.21. The lowest BCUT2D eigenvalue weighted by atomic mass is 9.99. The molecule has 0 radical (unpaired) electrons.